The van der Waals surface area contributed by atoms with Crippen molar-refractivity contribution < 1.29 is 24.0 Å². The smallest absolute Gasteiger partial charge is 0.336 e. The van der Waals surface area contributed by atoms with E-state index in [1.54, 1.807) is 18.2 Å². The second-order valence-corrected chi connectivity index (χ2v) is 5.60. The largest absolute Gasteiger partial charge is 0.493 e. The normalized spacial score (nSPS) is 11.0. The number of ether oxygens (including phenoxy) is 1. The van der Waals surface area contributed by atoms with Crippen molar-refractivity contribution in [3.8, 4) is 17.0 Å². The molecule has 0 aliphatic rings. The van der Waals surface area contributed by atoms with E-state index in [9.17, 15) is 20.0 Å². The Bertz CT molecular complexity index is 1230. The van der Waals surface area contributed by atoms with Gasteiger partial charge in [0.2, 0.25) is 0 Å². The van der Waals surface area contributed by atoms with Crippen LogP contribution in [0.15, 0.2) is 47.1 Å². The maximum Gasteiger partial charge on any atom is 0.336 e. The maximum absolute atomic E-state index is 11.6. The number of nitrogens with zero attached hydrogens (tertiary/aromatic N) is 3. The minimum atomic E-state index is -1.16. The number of nitro benzene ring substituents is 1. The Morgan fingerprint density at radius 1 is 1.19 bits per heavy atom. The third-order valence-electron chi connectivity index (χ3n) is 4.17. The van der Waals surface area contributed by atoms with Crippen LogP contribution in [0.2, 0.25) is 0 Å². The van der Waals surface area contributed by atoms with E-state index in [1.807, 2.05) is 0 Å². The number of fused-ring (bicyclic) bond motifs is 3. The van der Waals surface area contributed by atoms with Crippen LogP contribution < -0.4 is 4.74 Å². The highest BCUT2D eigenvalue weighted by molar-refractivity contribution is 6.16. The van der Waals surface area contributed by atoms with E-state index in [0.717, 1.165) is 0 Å². The predicted molar refractivity (Wildman–Crippen MR) is 94.9 cm³/mol. The van der Waals surface area contributed by atoms with Crippen LogP contribution in [-0.4, -0.2) is 33.1 Å². The molecule has 27 heavy (non-hydrogen) atoms. The summed E-state index contributed by atoms with van der Waals surface area (Å²) in [5.41, 5.74) is 0.845. The zero-order valence-corrected chi connectivity index (χ0v) is 13.9. The Hall–Kier alpha value is -4.01. The van der Waals surface area contributed by atoms with Gasteiger partial charge in [0.05, 0.1) is 28.5 Å². The summed E-state index contributed by atoms with van der Waals surface area (Å²) in [6.07, 6.45) is 1.22. The minimum absolute atomic E-state index is 0.0169. The van der Waals surface area contributed by atoms with Crippen molar-refractivity contribution in [2.75, 3.05) is 7.11 Å². The SMILES string of the molecule is COc1ccc(C(=O)O)c2c1oc1c(-c3ccccc3[N+](=O)[O-])ncnc12. The van der Waals surface area contributed by atoms with E-state index in [1.165, 1.54) is 31.6 Å². The van der Waals surface area contributed by atoms with Crippen molar-refractivity contribution >= 4 is 33.7 Å². The van der Waals surface area contributed by atoms with Gasteiger partial charge in [0, 0.05) is 6.07 Å². The predicted octanol–water partition coefficient (Wildman–Crippen LogP) is 3.66. The van der Waals surface area contributed by atoms with Gasteiger partial charge in [0.1, 0.15) is 17.5 Å². The lowest BCUT2D eigenvalue weighted by Crippen LogP contribution is -1.98. The van der Waals surface area contributed by atoms with Crippen LogP contribution >= 0.6 is 0 Å². The second kappa shape index (κ2) is 6.06. The topological polar surface area (TPSA) is 129 Å². The summed E-state index contributed by atoms with van der Waals surface area (Å²) in [6, 6.07) is 8.96. The molecule has 134 valence electrons. The number of aromatic carboxylic acids is 1. The molecule has 0 aliphatic carbocycles. The van der Waals surface area contributed by atoms with E-state index in [0.29, 0.717) is 5.75 Å². The zero-order valence-electron chi connectivity index (χ0n) is 13.9. The van der Waals surface area contributed by atoms with Gasteiger partial charge in [0.15, 0.2) is 16.9 Å². The van der Waals surface area contributed by atoms with Crippen LogP contribution in [0.1, 0.15) is 10.4 Å². The fourth-order valence-electron chi connectivity index (χ4n) is 3.01. The Morgan fingerprint density at radius 2 is 1.96 bits per heavy atom. The Kier molecular flexibility index (Phi) is 3.69. The molecular formula is C18H11N3O6. The Morgan fingerprint density at radius 3 is 2.67 bits per heavy atom. The number of carboxylic acids is 1. The Labute approximate surface area is 151 Å². The lowest BCUT2D eigenvalue weighted by Gasteiger charge is -2.02. The van der Waals surface area contributed by atoms with Crippen molar-refractivity contribution in [2.24, 2.45) is 0 Å². The molecule has 4 rings (SSSR count). The first-order chi connectivity index (χ1) is 13.0. The average Bonchev–Trinajstić information content (AvgIpc) is 3.06. The van der Waals surface area contributed by atoms with Gasteiger partial charge in [-0.1, -0.05) is 12.1 Å². The molecule has 0 unspecified atom stereocenters. The van der Waals surface area contributed by atoms with Gasteiger partial charge in [-0.25, -0.2) is 14.8 Å². The molecule has 0 amide bonds. The molecule has 0 radical (unpaired) electrons. The molecule has 1 N–H and O–H groups in total. The number of methoxy groups -OCH3 is 1. The molecular weight excluding hydrogens is 354 g/mol. The zero-order chi connectivity index (χ0) is 19.1. The summed E-state index contributed by atoms with van der Waals surface area (Å²) in [5, 5.41) is 21.1. The van der Waals surface area contributed by atoms with Crippen LogP contribution in [0, 0.1) is 10.1 Å². The first kappa shape index (κ1) is 16.5. The second-order valence-electron chi connectivity index (χ2n) is 5.60. The fourth-order valence-corrected chi connectivity index (χ4v) is 3.01. The van der Waals surface area contributed by atoms with Crippen molar-refractivity contribution in [1.29, 1.82) is 0 Å². The molecule has 0 saturated carbocycles. The van der Waals surface area contributed by atoms with E-state index < -0.39 is 10.9 Å². The number of para-hydroxylation sites is 1. The summed E-state index contributed by atoms with van der Waals surface area (Å²) in [5.74, 6) is -0.835. The van der Waals surface area contributed by atoms with Crippen LogP contribution in [0.5, 0.6) is 5.75 Å². The van der Waals surface area contributed by atoms with Crippen molar-refractivity contribution in [2.45, 2.75) is 0 Å². The number of hydrogen-bond donors (Lipinski definition) is 1. The molecule has 2 heterocycles. The average molecular weight is 365 g/mol. The molecule has 2 aromatic heterocycles. The maximum atomic E-state index is 11.6. The Balaban J connectivity index is 2.15. The fraction of sp³-hybridized carbons (Fsp3) is 0.0556. The summed E-state index contributed by atoms with van der Waals surface area (Å²) >= 11 is 0. The van der Waals surface area contributed by atoms with Crippen molar-refractivity contribution in [1.82, 2.24) is 9.97 Å². The van der Waals surface area contributed by atoms with Crippen LogP contribution in [0.4, 0.5) is 5.69 Å². The van der Waals surface area contributed by atoms with Gasteiger partial charge in [-0.05, 0) is 18.2 Å². The lowest BCUT2D eigenvalue weighted by molar-refractivity contribution is -0.384. The first-order valence-electron chi connectivity index (χ1n) is 7.74. The monoisotopic (exact) mass is 365 g/mol. The molecule has 0 spiro atoms. The van der Waals surface area contributed by atoms with Crippen LogP contribution in [0.3, 0.4) is 0 Å². The van der Waals surface area contributed by atoms with Crippen molar-refractivity contribution in [3.05, 3.63) is 58.4 Å². The van der Waals surface area contributed by atoms with Crippen molar-refractivity contribution in [3.63, 3.8) is 0 Å². The summed E-state index contributed by atoms with van der Waals surface area (Å²) in [6.45, 7) is 0. The van der Waals surface area contributed by atoms with Gasteiger partial charge in [0.25, 0.3) is 5.69 Å². The highest BCUT2D eigenvalue weighted by atomic mass is 16.6. The highest BCUT2D eigenvalue weighted by Gasteiger charge is 2.25. The number of hydrogen-bond acceptors (Lipinski definition) is 7. The summed E-state index contributed by atoms with van der Waals surface area (Å²) in [7, 11) is 1.43. The van der Waals surface area contributed by atoms with E-state index in [-0.39, 0.29) is 44.6 Å². The van der Waals surface area contributed by atoms with Gasteiger partial charge in [-0.2, -0.15) is 0 Å². The number of nitro groups is 1. The number of carboxylic acid groups (broad SMARTS) is 1. The minimum Gasteiger partial charge on any atom is -0.493 e. The molecule has 0 saturated heterocycles. The third-order valence-corrected chi connectivity index (χ3v) is 4.17. The van der Waals surface area contributed by atoms with Crippen LogP contribution in [0.25, 0.3) is 33.3 Å². The molecule has 0 fully saturated rings. The molecule has 2 aromatic carbocycles. The quantitative estimate of drug-likeness (QED) is 0.428. The van der Waals surface area contributed by atoms with Gasteiger partial charge < -0.3 is 14.3 Å². The first-order valence-corrected chi connectivity index (χ1v) is 7.74. The van der Waals surface area contributed by atoms with Gasteiger partial charge in [-0.3, -0.25) is 10.1 Å². The molecule has 0 atom stereocenters. The highest BCUT2D eigenvalue weighted by Crippen LogP contribution is 2.40. The lowest BCUT2D eigenvalue weighted by atomic mass is 10.1. The number of furan rings is 1. The number of benzene rings is 2. The van der Waals surface area contributed by atoms with E-state index in [4.69, 9.17) is 9.15 Å². The third kappa shape index (κ3) is 2.44. The number of aromatic nitrogens is 2. The molecule has 0 aliphatic heterocycles. The standard InChI is InChI=1S/C18H11N3O6/c1-26-12-7-6-10(18(22)23)13-15-17(27-16(12)13)14(19-8-20-15)9-4-2-3-5-11(9)21(24)25/h2-8H,1H3,(H,22,23). The number of rotatable bonds is 4. The summed E-state index contributed by atoms with van der Waals surface area (Å²) < 4.78 is 11.1. The van der Waals surface area contributed by atoms with Gasteiger partial charge >= 0.3 is 5.97 Å². The van der Waals surface area contributed by atoms with Gasteiger partial charge in [-0.15, -0.1) is 0 Å². The van der Waals surface area contributed by atoms with Crippen LogP contribution in [-0.2, 0) is 0 Å². The molecule has 4 aromatic rings. The molecule has 9 heteroatoms. The number of carbonyl (C=O) groups is 1. The van der Waals surface area contributed by atoms with E-state index >= 15 is 0 Å². The van der Waals surface area contributed by atoms with E-state index in [2.05, 4.69) is 9.97 Å². The summed E-state index contributed by atoms with van der Waals surface area (Å²) in [4.78, 5) is 30.8. The molecule has 9 nitrogen and oxygen atoms in total. The molecule has 0 bridgehead atoms.